The van der Waals surface area contributed by atoms with E-state index in [1.165, 1.54) is 0 Å². The molecule has 7 heteroatoms. The maximum absolute atomic E-state index is 11.4. The molecule has 1 unspecified atom stereocenters. The minimum atomic E-state index is -1.22. The van der Waals surface area contributed by atoms with Crippen LogP contribution in [0.3, 0.4) is 0 Å². The molecule has 0 aromatic heterocycles. The van der Waals surface area contributed by atoms with Crippen LogP contribution < -0.4 is 11.1 Å². The number of aliphatic hydroxyl groups excluding tert-OH is 1. The number of nitrogens with two attached hydrogens (primary N) is 1. The van der Waals surface area contributed by atoms with Crippen LogP contribution in [0.2, 0.25) is 0 Å². The summed E-state index contributed by atoms with van der Waals surface area (Å²) in [6.07, 6.45) is 0.778. The van der Waals surface area contributed by atoms with E-state index >= 15 is 0 Å². The number of carbonyl (C=O) groups is 3. The van der Waals surface area contributed by atoms with Gasteiger partial charge in [-0.2, -0.15) is 0 Å². The Bertz CT molecular complexity index is 306. The quantitative estimate of drug-likeness (QED) is 0.453. The standard InChI is InChI=1S/C11H20N2O5/c1-7(4-5-14)2-3-9(15)13-11(18)8(12)6-10(16)17/h7-8,14H,2-6,12H2,1H3,(H,16,17)(H,13,15,18)/t7?,8-/m1/s1. The average molecular weight is 260 g/mol. The topological polar surface area (TPSA) is 130 Å². The van der Waals surface area contributed by atoms with Crippen LogP contribution in [0.1, 0.15) is 32.6 Å². The molecule has 0 heterocycles. The number of nitrogens with one attached hydrogen (secondary N) is 1. The van der Waals surface area contributed by atoms with E-state index in [2.05, 4.69) is 5.32 Å². The van der Waals surface area contributed by atoms with E-state index < -0.39 is 30.2 Å². The predicted molar refractivity (Wildman–Crippen MR) is 63.5 cm³/mol. The molecule has 0 bridgehead atoms. The lowest BCUT2D eigenvalue weighted by molar-refractivity contribution is -0.140. The largest absolute Gasteiger partial charge is 0.481 e. The van der Waals surface area contributed by atoms with Crippen molar-refractivity contribution in [1.29, 1.82) is 0 Å². The number of amides is 2. The first-order valence-electron chi connectivity index (χ1n) is 5.78. The fourth-order valence-corrected chi connectivity index (χ4v) is 1.32. The predicted octanol–water partition coefficient (Wildman–Crippen LogP) is -0.770. The molecule has 0 aliphatic heterocycles. The van der Waals surface area contributed by atoms with Gasteiger partial charge in [-0.15, -0.1) is 0 Å². The molecule has 5 N–H and O–H groups in total. The zero-order chi connectivity index (χ0) is 14.1. The van der Waals surface area contributed by atoms with Gasteiger partial charge in [0.25, 0.3) is 0 Å². The highest BCUT2D eigenvalue weighted by molar-refractivity contribution is 5.98. The normalized spacial score (nSPS) is 13.7. The van der Waals surface area contributed by atoms with Crippen molar-refractivity contribution in [2.75, 3.05) is 6.61 Å². The molecule has 0 radical (unpaired) electrons. The first kappa shape index (κ1) is 16.5. The van der Waals surface area contributed by atoms with Gasteiger partial charge in [0.1, 0.15) is 0 Å². The molecule has 0 spiro atoms. The summed E-state index contributed by atoms with van der Waals surface area (Å²) in [7, 11) is 0. The van der Waals surface area contributed by atoms with Crippen molar-refractivity contribution in [3.63, 3.8) is 0 Å². The number of carboxylic acids is 1. The number of rotatable bonds is 8. The summed E-state index contributed by atoms with van der Waals surface area (Å²) in [6, 6.07) is -1.22. The zero-order valence-corrected chi connectivity index (χ0v) is 10.4. The van der Waals surface area contributed by atoms with E-state index in [0.717, 1.165) is 0 Å². The van der Waals surface area contributed by atoms with Gasteiger partial charge >= 0.3 is 5.97 Å². The van der Waals surface area contributed by atoms with Crippen molar-refractivity contribution in [2.45, 2.75) is 38.6 Å². The first-order valence-corrected chi connectivity index (χ1v) is 5.78. The zero-order valence-electron chi connectivity index (χ0n) is 10.4. The maximum atomic E-state index is 11.4. The van der Waals surface area contributed by atoms with Crippen molar-refractivity contribution in [2.24, 2.45) is 11.7 Å². The molecule has 2 atom stereocenters. The van der Waals surface area contributed by atoms with Gasteiger partial charge in [-0.3, -0.25) is 19.7 Å². The molecule has 0 aromatic carbocycles. The number of hydrogen-bond donors (Lipinski definition) is 4. The Balaban J connectivity index is 3.93. The van der Waals surface area contributed by atoms with E-state index in [9.17, 15) is 14.4 Å². The summed E-state index contributed by atoms with van der Waals surface area (Å²) >= 11 is 0. The van der Waals surface area contributed by atoms with Crippen molar-refractivity contribution >= 4 is 17.8 Å². The van der Waals surface area contributed by atoms with Crippen LogP contribution in [0.25, 0.3) is 0 Å². The van der Waals surface area contributed by atoms with Gasteiger partial charge in [0.05, 0.1) is 12.5 Å². The van der Waals surface area contributed by atoms with Crippen LogP contribution in [0.5, 0.6) is 0 Å². The summed E-state index contributed by atoms with van der Waals surface area (Å²) < 4.78 is 0. The Labute approximate surface area is 105 Å². The Morgan fingerprint density at radius 3 is 2.39 bits per heavy atom. The molecule has 2 amide bonds. The Morgan fingerprint density at radius 2 is 1.89 bits per heavy atom. The van der Waals surface area contributed by atoms with Gasteiger partial charge < -0.3 is 15.9 Å². The third-order valence-corrected chi connectivity index (χ3v) is 2.48. The van der Waals surface area contributed by atoms with Gasteiger partial charge in [-0.05, 0) is 18.8 Å². The SMILES string of the molecule is CC(CCO)CCC(=O)NC(=O)[C@H](N)CC(=O)O. The number of imide groups is 1. The smallest absolute Gasteiger partial charge is 0.305 e. The monoisotopic (exact) mass is 260 g/mol. The van der Waals surface area contributed by atoms with E-state index in [1.54, 1.807) is 0 Å². The molecule has 18 heavy (non-hydrogen) atoms. The van der Waals surface area contributed by atoms with E-state index in [1.807, 2.05) is 6.92 Å². The molecule has 7 nitrogen and oxygen atoms in total. The van der Waals surface area contributed by atoms with Crippen LogP contribution in [-0.2, 0) is 14.4 Å². The van der Waals surface area contributed by atoms with Crippen molar-refractivity contribution in [3.05, 3.63) is 0 Å². The molecular weight excluding hydrogens is 240 g/mol. The lowest BCUT2D eigenvalue weighted by atomic mass is 10.0. The fraction of sp³-hybridized carbons (Fsp3) is 0.727. The van der Waals surface area contributed by atoms with Gasteiger partial charge in [0.15, 0.2) is 0 Å². The lowest BCUT2D eigenvalue weighted by Crippen LogP contribution is -2.44. The molecule has 0 aliphatic carbocycles. The third kappa shape index (κ3) is 7.75. The lowest BCUT2D eigenvalue weighted by Gasteiger charge is -2.11. The summed E-state index contributed by atoms with van der Waals surface area (Å²) in [5.41, 5.74) is 5.29. The van der Waals surface area contributed by atoms with Gasteiger partial charge in [-0.1, -0.05) is 6.92 Å². The molecule has 0 aliphatic rings. The third-order valence-electron chi connectivity index (χ3n) is 2.48. The number of carbonyl (C=O) groups excluding carboxylic acids is 2. The van der Waals surface area contributed by atoms with E-state index in [0.29, 0.717) is 12.8 Å². The van der Waals surface area contributed by atoms with Crippen molar-refractivity contribution < 1.29 is 24.6 Å². The Morgan fingerprint density at radius 1 is 1.28 bits per heavy atom. The van der Waals surface area contributed by atoms with Crippen LogP contribution in [0, 0.1) is 5.92 Å². The molecule has 0 saturated carbocycles. The van der Waals surface area contributed by atoms with Gasteiger partial charge in [0, 0.05) is 13.0 Å². The highest BCUT2D eigenvalue weighted by Gasteiger charge is 2.19. The number of aliphatic hydroxyl groups is 1. The molecule has 0 aromatic rings. The molecule has 0 saturated heterocycles. The van der Waals surface area contributed by atoms with Gasteiger partial charge in [-0.25, -0.2) is 0 Å². The molecule has 0 rings (SSSR count). The van der Waals surface area contributed by atoms with Gasteiger partial charge in [0.2, 0.25) is 11.8 Å². The number of hydrogen-bond acceptors (Lipinski definition) is 5. The number of aliphatic carboxylic acids is 1. The highest BCUT2D eigenvalue weighted by atomic mass is 16.4. The van der Waals surface area contributed by atoms with E-state index in [4.69, 9.17) is 15.9 Å². The minimum Gasteiger partial charge on any atom is -0.481 e. The van der Waals surface area contributed by atoms with Crippen LogP contribution in [-0.4, -0.2) is 40.6 Å². The summed E-state index contributed by atoms with van der Waals surface area (Å²) in [4.78, 5) is 33.0. The first-order chi connectivity index (χ1) is 8.36. The molecule has 0 fully saturated rings. The molecule has 104 valence electrons. The summed E-state index contributed by atoms with van der Waals surface area (Å²) in [6.45, 7) is 1.95. The summed E-state index contributed by atoms with van der Waals surface area (Å²) in [5, 5.41) is 19.2. The summed E-state index contributed by atoms with van der Waals surface area (Å²) in [5.74, 6) is -2.27. The van der Waals surface area contributed by atoms with Crippen LogP contribution in [0.15, 0.2) is 0 Å². The minimum absolute atomic E-state index is 0.0607. The van der Waals surface area contributed by atoms with Crippen molar-refractivity contribution in [1.82, 2.24) is 5.32 Å². The maximum Gasteiger partial charge on any atom is 0.305 e. The second-order valence-corrected chi connectivity index (χ2v) is 4.27. The van der Waals surface area contributed by atoms with E-state index in [-0.39, 0.29) is 18.9 Å². The fourth-order valence-electron chi connectivity index (χ4n) is 1.32. The number of carboxylic acid groups (broad SMARTS) is 1. The Kier molecular flexibility index (Phi) is 7.89. The Hall–Kier alpha value is -1.47. The second-order valence-electron chi connectivity index (χ2n) is 4.27. The highest BCUT2D eigenvalue weighted by Crippen LogP contribution is 2.09. The van der Waals surface area contributed by atoms with Crippen LogP contribution >= 0.6 is 0 Å². The molecular formula is C11H20N2O5. The second kappa shape index (κ2) is 8.60. The average Bonchev–Trinajstić information content (AvgIpc) is 2.25. The van der Waals surface area contributed by atoms with Crippen molar-refractivity contribution in [3.8, 4) is 0 Å². The van der Waals surface area contributed by atoms with Crippen LogP contribution in [0.4, 0.5) is 0 Å².